The van der Waals surface area contributed by atoms with Crippen LogP contribution in [0.3, 0.4) is 0 Å². The van der Waals surface area contributed by atoms with Crippen LogP contribution in [-0.4, -0.2) is 57.0 Å². The summed E-state index contributed by atoms with van der Waals surface area (Å²) in [7, 11) is 3.51. The van der Waals surface area contributed by atoms with E-state index in [0.29, 0.717) is 5.75 Å². The zero-order valence-corrected chi connectivity index (χ0v) is 14.0. The Morgan fingerprint density at radius 1 is 1.33 bits per heavy atom. The van der Waals surface area contributed by atoms with Crippen molar-refractivity contribution in [3.63, 3.8) is 0 Å². The highest BCUT2D eigenvalue weighted by Gasteiger charge is 2.13. The predicted molar refractivity (Wildman–Crippen MR) is 83.4 cm³/mol. The van der Waals surface area contributed by atoms with E-state index in [0.717, 1.165) is 47.4 Å². The maximum Gasteiger partial charge on any atom is 0.235 e. The van der Waals surface area contributed by atoms with Gasteiger partial charge in [0.2, 0.25) is 10.9 Å². The van der Waals surface area contributed by atoms with Gasteiger partial charge in [-0.05, 0) is 19.3 Å². The largest absolute Gasteiger partial charge is 0.358 e. The number of hydrogen-bond donors (Lipinski definition) is 1. The summed E-state index contributed by atoms with van der Waals surface area (Å²) >= 11 is 2.92. The van der Waals surface area contributed by atoms with Gasteiger partial charge < -0.3 is 10.6 Å². The molecule has 0 fully saturated rings. The van der Waals surface area contributed by atoms with Crippen LogP contribution in [0, 0.1) is 0 Å². The molecule has 1 amide bonds. The Balaban J connectivity index is 1.95. The van der Waals surface area contributed by atoms with Crippen molar-refractivity contribution in [3.05, 3.63) is 5.82 Å². The minimum atomic E-state index is 0.0827. The highest BCUT2D eigenvalue weighted by atomic mass is 32.2. The molecule has 116 valence electrons. The van der Waals surface area contributed by atoms with Gasteiger partial charge in [0.1, 0.15) is 0 Å². The van der Waals surface area contributed by atoms with E-state index in [9.17, 15) is 4.79 Å². The predicted octanol–water partition coefficient (Wildman–Crippen LogP) is 0.321. The molecule has 0 atom stereocenters. The third-order valence-corrected chi connectivity index (χ3v) is 5.02. The highest BCUT2D eigenvalue weighted by molar-refractivity contribution is 8.01. The van der Waals surface area contributed by atoms with Crippen molar-refractivity contribution in [1.29, 1.82) is 0 Å². The van der Waals surface area contributed by atoms with Crippen molar-refractivity contribution in [3.8, 4) is 0 Å². The topological polar surface area (TPSA) is 91.0 Å². The minimum absolute atomic E-state index is 0.0827. The van der Waals surface area contributed by atoms with Crippen molar-refractivity contribution >= 4 is 34.0 Å². The van der Waals surface area contributed by atoms with Crippen LogP contribution in [0.25, 0.3) is 4.96 Å². The van der Waals surface area contributed by atoms with E-state index >= 15 is 0 Å². The zero-order valence-electron chi connectivity index (χ0n) is 12.4. The van der Waals surface area contributed by atoms with E-state index < -0.39 is 0 Å². The Bertz CT molecular complexity index is 594. The zero-order chi connectivity index (χ0) is 15.2. The molecule has 0 saturated heterocycles. The number of quaternary nitrogens is 1. The number of carbonyl (C=O) groups is 1. The first-order chi connectivity index (χ1) is 10.1. The van der Waals surface area contributed by atoms with Crippen LogP contribution in [0.2, 0.25) is 0 Å². The molecule has 2 rings (SSSR count). The van der Waals surface area contributed by atoms with E-state index in [4.69, 9.17) is 0 Å². The number of nitrogens with zero attached hydrogens (tertiary/aromatic N) is 5. The number of hydrogen-bond acceptors (Lipinski definition) is 6. The fourth-order valence-electron chi connectivity index (χ4n) is 1.74. The van der Waals surface area contributed by atoms with Gasteiger partial charge in [-0.25, -0.2) is 0 Å². The molecule has 3 N–H and O–H groups in total. The van der Waals surface area contributed by atoms with Gasteiger partial charge in [0, 0.05) is 20.5 Å². The smallest absolute Gasteiger partial charge is 0.235 e. The summed E-state index contributed by atoms with van der Waals surface area (Å²) in [4.78, 5) is 14.0. The molecule has 0 aliphatic heterocycles. The van der Waals surface area contributed by atoms with Gasteiger partial charge in [0.15, 0.2) is 10.2 Å². The number of carbonyl (C=O) groups excluding carboxylic acids is 1. The second kappa shape index (κ2) is 7.71. The highest BCUT2D eigenvalue weighted by Crippen LogP contribution is 2.24. The van der Waals surface area contributed by atoms with Crippen LogP contribution < -0.4 is 5.73 Å². The van der Waals surface area contributed by atoms with E-state index in [1.165, 1.54) is 23.1 Å². The van der Waals surface area contributed by atoms with Crippen molar-refractivity contribution < 1.29 is 10.5 Å². The second-order valence-corrected chi connectivity index (χ2v) is 7.10. The monoisotopic (exact) mass is 329 g/mol. The third-order valence-electron chi connectivity index (χ3n) is 3.01. The van der Waals surface area contributed by atoms with Crippen molar-refractivity contribution in [1.82, 2.24) is 24.7 Å². The molecule has 21 heavy (non-hydrogen) atoms. The second-order valence-electron chi connectivity index (χ2n) is 4.92. The van der Waals surface area contributed by atoms with Crippen molar-refractivity contribution in [2.24, 2.45) is 0 Å². The first-order valence-corrected chi connectivity index (χ1v) is 8.75. The fourth-order valence-corrected chi connectivity index (χ4v) is 3.62. The minimum Gasteiger partial charge on any atom is -0.358 e. The lowest BCUT2D eigenvalue weighted by atomic mass is 10.2. The van der Waals surface area contributed by atoms with Gasteiger partial charge in [0.25, 0.3) is 0 Å². The average molecular weight is 329 g/mol. The molecular weight excluding hydrogens is 308 g/mol. The van der Waals surface area contributed by atoms with Gasteiger partial charge >= 0.3 is 0 Å². The quantitative estimate of drug-likeness (QED) is 0.556. The summed E-state index contributed by atoms with van der Waals surface area (Å²) < 4.78 is 2.66. The maximum absolute atomic E-state index is 11.6. The molecule has 0 spiro atoms. The maximum atomic E-state index is 11.6. The van der Waals surface area contributed by atoms with Crippen LogP contribution in [0.1, 0.15) is 25.1 Å². The third kappa shape index (κ3) is 4.39. The average Bonchev–Trinajstić information content (AvgIpc) is 3.01. The van der Waals surface area contributed by atoms with Crippen LogP contribution in [-0.2, 0) is 11.2 Å². The summed E-state index contributed by atoms with van der Waals surface area (Å²) in [6.45, 7) is 0.979. The lowest BCUT2D eigenvalue weighted by molar-refractivity contribution is -0.368. The number of unbranched alkanes of at least 4 members (excludes halogenated alkanes) is 2. The molecule has 9 heteroatoms. The lowest BCUT2D eigenvalue weighted by Crippen LogP contribution is -2.50. The summed E-state index contributed by atoms with van der Waals surface area (Å²) in [5.41, 5.74) is 3.84. The van der Waals surface area contributed by atoms with Gasteiger partial charge in [-0.3, -0.25) is 4.79 Å². The molecule has 0 radical (unpaired) electrons. The molecule has 0 aliphatic rings. The molecule has 0 aliphatic carbocycles. The molecule has 0 aromatic carbocycles. The normalized spacial score (nSPS) is 11.2. The van der Waals surface area contributed by atoms with E-state index in [1.54, 1.807) is 23.5 Å². The molecule has 2 aromatic heterocycles. The van der Waals surface area contributed by atoms with Gasteiger partial charge in [0.05, 0.1) is 12.3 Å². The van der Waals surface area contributed by atoms with Crippen LogP contribution in [0.5, 0.6) is 0 Å². The van der Waals surface area contributed by atoms with Crippen molar-refractivity contribution in [2.45, 2.75) is 30.0 Å². The Kier molecular flexibility index (Phi) is 5.95. The lowest BCUT2D eigenvalue weighted by Gasteiger charge is -2.07. The molecule has 0 bridgehead atoms. The molecule has 2 heterocycles. The number of aryl methyl sites for hydroxylation is 1. The number of rotatable bonds is 8. The molecule has 0 saturated carbocycles. The molecular formula is C12H21N6OS2+. The summed E-state index contributed by atoms with van der Waals surface area (Å²) in [6.07, 6.45) is 4.26. The van der Waals surface area contributed by atoms with Gasteiger partial charge in [-0.2, -0.15) is 4.52 Å². The molecule has 7 nitrogen and oxygen atoms in total. The fraction of sp³-hybridized carbons (Fsp3) is 0.667. The Hall–Kier alpha value is -1.19. The SMILES string of the molecule is CN(C)C(=O)CSc1nn2c(CCCCC[NH3+])nnc2s1. The summed E-state index contributed by atoms with van der Waals surface area (Å²) in [5.74, 6) is 1.38. The van der Waals surface area contributed by atoms with E-state index in [1.807, 2.05) is 0 Å². The summed E-state index contributed by atoms with van der Waals surface area (Å²) in [6, 6.07) is 0. The Labute approximate surface area is 131 Å². The van der Waals surface area contributed by atoms with Gasteiger partial charge in [-0.15, -0.1) is 15.3 Å². The number of fused-ring (bicyclic) bond motifs is 1. The van der Waals surface area contributed by atoms with E-state index in [2.05, 4.69) is 21.0 Å². The molecule has 2 aromatic rings. The van der Waals surface area contributed by atoms with Crippen LogP contribution >= 0.6 is 23.1 Å². The first-order valence-electron chi connectivity index (χ1n) is 6.95. The van der Waals surface area contributed by atoms with Crippen LogP contribution in [0.4, 0.5) is 0 Å². The van der Waals surface area contributed by atoms with Gasteiger partial charge in [-0.1, -0.05) is 23.1 Å². The molecule has 0 unspecified atom stereocenters. The summed E-state index contributed by atoms with van der Waals surface area (Å²) in [5, 5.41) is 12.8. The number of amides is 1. The van der Waals surface area contributed by atoms with Crippen molar-refractivity contribution in [2.75, 3.05) is 26.4 Å². The van der Waals surface area contributed by atoms with Crippen LogP contribution in [0.15, 0.2) is 4.34 Å². The first kappa shape index (κ1) is 16.2. The number of thioether (sulfide) groups is 1. The Morgan fingerprint density at radius 2 is 2.14 bits per heavy atom. The Morgan fingerprint density at radius 3 is 2.86 bits per heavy atom. The van der Waals surface area contributed by atoms with E-state index in [-0.39, 0.29) is 5.91 Å². The standard InChI is InChI=1S/C12H20N6OS2/c1-17(2)10(19)8-20-12-16-18-9(6-4-3-5-7-13)14-15-11(18)21-12/h3-8,13H2,1-2H3/p+1. The number of aromatic nitrogens is 4.